The molecule has 0 saturated carbocycles. The van der Waals surface area contributed by atoms with E-state index in [0.717, 1.165) is 28.6 Å². The highest BCUT2D eigenvalue weighted by atomic mass is 79.9. The maximum Gasteiger partial charge on any atom is 0.295 e. The van der Waals surface area contributed by atoms with E-state index in [1.54, 1.807) is 17.0 Å². The number of ketones is 1. The third-order valence-corrected chi connectivity index (χ3v) is 6.15. The lowest BCUT2D eigenvalue weighted by Gasteiger charge is -2.25. The molecule has 1 saturated heterocycles. The third kappa shape index (κ3) is 5.65. The molecule has 0 aromatic heterocycles. The molecule has 1 amide bonds. The second-order valence-electron chi connectivity index (χ2n) is 9.00. The maximum atomic E-state index is 13.2. The van der Waals surface area contributed by atoms with Crippen LogP contribution in [0.5, 0.6) is 5.75 Å². The SMILES string of the molecule is Cc1cc(OC(C)C)ccc1C(O)=C1C(=O)C(=O)N(CCC[NH+](C)C)[C@@H]1c1ccc(Br)cc1. The Balaban J connectivity index is 2.08. The highest BCUT2D eigenvalue weighted by Crippen LogP contribution is 2.40. The fraction of sp³-hybridized carbons (Fsp3) is 0.385. The van der Waals surface area contributed by atoms with Gasteiger partial charge in [0.15, 0.2) is 0 Å². The molecule has 0 unspecified atom stereocenters. The van der Waals surface area contributed by atoms with E-state index in [2.05, 4.69) is 30.0 Å². The molecule has 1 heterocycles. The number of aliphatic hydroxyl groups excluding tert-OH is 1. The number of carbonyl (C=O) groups excluding carboxylic acids is 2. The standard InChI is InChI=1S/C26H31BrN2O4/c1-16(2)33-20-11-12-21(17(3)15-20)24(30)22-23(18-7-9-19(27)10-8-18)29(26(32)25(22)31)14-6-13-28(4)5/h7-12,15-16,23,30H,6,13-14H2,1-5H3/p+1/t23-/m1/s1. The number of aliphatic hydroxyl groups is 1. The Kier molecular flexibility index (Phi) is 7.97. The van der Waals surface area contributed by atoms with E-state index >= 15 is 0 Å². The Hall–Kier alpha value is -2.64. The molecule has 0 bridgehead atoms. The molecule has 7 heteroatoms. The van der Waals surface area contributed by atoms with E-state index in [1.165, 1.54) is 4.90 Å². The minimum atomic E-state index is -0.653. The van der Waals surface area contributed by atoms with E-state index in [9.17, 15) is 14.7 Å². The summed E-state index contributed by atoms with van der Waals surface area (Å²) in [6.07, 6.45) is 0.776. The van der Waals surface area contributed by atoms with Crippen molar-refractivity contribution in [1.29, 1.82) is 0 Å². The summed E-state index contributed by atoms with van der Waals surface area (Å²) in [4.78, 5) is 29.0. The second kappa shape index (κ2) is 10.5. The largest absolute Gasteiger partial charge is 0.507 e. The van der Waals surface area contributed by atoms with Crippen LogP contribution in [0.1, 0.15) is 43.0 Å². The topological polar surface area (TPSA) is 71.3 Å². The minimum Gasteiger partial charge on any atom is -0.507 e. The molecule has 6 nitrogen and oxygen atoms in total. The monoisotopic (exact) mass is 515 g/mol. The van der Waals surface area contributed by atoms with Crippen molar-refractivity contribution >= 4 is 33.4 Å². The fourth-order valence-electron chi connectivity index (χ4n) is 4.10. The van der Waals surface area contributed by atoms with Gasteiger partial charge in [0.1, 0.15) is 11.5 Å². The van der Waals surface area contributed by atoms with Gasteiger partial charge in [-0.1, -0.05) is 28.1 Å². The van der Waals surface area contributed by atoms with Gasteiger partial charge in [0.2, 0.25) is 0 Å². The summed E-state index contributed by atoms with van der Waals surface area (Å²) in [6, 6.07) is 12.2. The number of amides is 1. The third-order valence-electron chi connectivity index (χ3n) is 5.63. The first-order chi connectivity index (χ1) is 15.6. The van der Waals surface area contributed by atoms with E-state index in [-0.39, 0.29) is 17.4 Å². The molecular formula is C26H32BrN2O4+. The van der Waals surface area contributed by atoms with Crippen molar-refractivity contribution in [2.24, 2.45) is 0 Å². The first kappa shape index (κ1) is 25.0. The molecule has 2 N–H and O–H groups in total. The smallest absolute Gasteiger partial charge is 0.295 e. The van der Waals surface area contributed by atoms with Crippen molar-refractivity contribution in [1.82, 2.24) is 4.90 Å². The summed E-state index contributed by atoms with van der Waals surface area (Å²) in [7, 11) is 4.10. The van der Waals surface area contributed by atoms with Crippen molar-refractivity contribution < 1.29 is 24.3 Å². The number of ether oxygens (including phenoxy) is 1. The van der Waals surface area contributed by atoms with E-state index in [1.807, 2.05) is 51.1 Å². The average Bonchev–Trinajstić information content (AvgIpc) is 2.98. The number of quaternary nitrogens is 1. The van der Waals surface area contributed by atoms with Crippen LogP contribution in [-0.4, -0.2) is 55.0 Å². The van der Waals surface area contributed by atoms with Gasteiger partial charge in [-0.25, -0.2) is 0 Å². The highest BCUT2D eigenvalue weighted by molar-refractivity contribution is 9.10. The zero-order valence-electron chi connectivity index (χ0n) is 19.8. The molecule has 0 aliphatic carbocycles. The highest BCUT2D eigenvalue weighted by Gasteiger charge is 2.46. The van der Waals surface area contributed by atoms with Crippen LogP contribution in [0.4, 0.5) is 0 Å². The molecule has 1 aliphatic heterocycles. The Bertz CT molecular complexity index is 1060. The number of carbonyl (C=O) groups is 2. The van der Waals surface area contributed by atoms with Gasteiger partial charge in [-0.15, -0.1) is 0 Å². The minimum absolute atomic E-state index is 0.0237. The van der Waals surface area contributed by atoms with Crippen LogP contribution in [0.25, 0.3) is 5.76 Å². The number of nitrogens with one attached hydrogen (secondary N) is 1. The van der Waals surface area contributed by atoms with Crippen molar-refractivity contribution in [2.45, 2.75) is 39.3 Å². The van der Waals surface area contributed by atoms with Gasteiger partial charge in [-0.3, -0.25) is 9.59 Å². The molecule has 3 rings (SSSR count). The molecule has 176 valence electrons. The van der Waals surface area contributed by atoms with Gasteiger partial charge < -0.3 is 19.6 Å². The number of rotatable bonds is 8. The molecule has 0 radical (unpaired) electrons. The Morgan fingerprint density at radius 3 is 2.39 bits per heavy atom. The van der Waals surface area contributed by atoms with Crippen molar-refractivity contribution in [2.75, 3.05) is 27.2 Å². The van der Waals surface area contributed by atoms with Gasteiger partial charge in [0.25, 0.3) is 11.7 Å². The molecule has 2 aromatic carbocycles. The number of halogens is 1. The van der Waals surface area contributed by atoms with Gasteiger partial charge in [-0.05, 0) is 62.2 Å². The van der Waals surface area contributed by atoms with Gasteiger partial charge >= 0.3 is 0 Å². The predicted octanol–water partition coefficient (Wildman–Crippen LogP) is 3.50. The number of hydrogen-bond acceptors (Lipinski definition) is 4. The van der Waals surface area contributed by atoms with Gasteiger partial charge in [0, 0.05) is 23.0 Å². The Morgan fingerprint density at radius 2 is 1.82 bits per heavy atom. The number of aryl methyl sites for hydroxylation is 1. The van der Waals surface area contributed by atoms with E-state index < -0.39 is 17.7 Å². The predicted molar refractivity (Wildman–Crippen MR) is 132 cm³/mol. The molecular weight excluding hydrogens is 484 g/mol. The molecule has 0 spiro atoms. The van der Waals surface area contributed by atoms with Crippen molar-refractivity contribution in [3.63, 3.8) is 0 Å². The number of Topliss-reactive ketones (excluding diaryl/α,β-unsaturated/α-hetero) is 1. The van der Waals surface area contributed by atoms with Crippen LogP contribution >= 0.6 is 15.9 Å². The first-order valence-electron chi connectivity index (χ1n) is 11.2. The lowest BCUT2D eigenvalue weighted by atomic mass is 9.94. The summed E-state index contributed by atoms with van der Waals surface area (Å²) >= 11 is 3.44. The zero-order chi connectivity index (χ0) is 24.3. The van der Waals surface area contributed by atoms with Crippen LogP contribution in [0, 0.1) is 6.92 Å². The second-order valence-corrected chi connectivity index (χ2v) is 9.91. The fourth-order valence-corrected chi connectivity index (χ4v) is 4.36. The number of nitrogens with zero attached hydrogens (tertiary/aromatic N) is 1. The molecule has 1 aliphatic rings. The van der Waals surface area contributed by atoms with Crippen LogP contribution < -0.4 is 9.64 Å². The number of hydrogen-bond donors (Lipinski definition) is 2. The lowest BCUT2D eigenvalue weighted by molar-refractivity contribution is -0.858. The summed E-state index contributed by atoms with van der Waals surface area (Å²) in [5.74, 6) is -0.694. The van der Waals surface area contributed by atoms with E-state index in [4.69, 9.17) is 4.74 Å². The maximum absolute atomic E-state index is 13.2. The molecule has 1 fully saturated rings. The van der Waals surface area contributed by atoms with Gasteiger partial charge in [-0.2, -0.15) is 0 Å². The Labute approximate surface area is 204 Å². The average molecular weight is 516 g/mol. The van der Waals surface area contributed by atoms with Crippen LogP contribution in [0.3, 0.4) is 0 Å². The molecule has 2 aromatic rings. The number of benzene rings is 2. The quantitative estimate of drug-likeness (QED) is 0.320. The summed E-state index contributed by atoms with van der Waals surface area (Å²) in [6.45, 7) is 7.05. The number of likely N-dealkylation sites (tertiary alicyclic amines) is 1. The van der Waals surface area contributed by atoms with E-state index in [0.29, 0.717) is 17.9 Å². The van der Waals surface area contributed by atoms with Crippen LogP contribution in [0.15, 0.2) is 52.5 Å². The Morgan fingerprint density at radius 1 is 1.15 bits per heavy atom. The lowest BCUT2D eigenvalue weighted by Crippen LogP contribution is -3.05. The first-order valence-corrected chi connectivity index (χ1v) is 12.0. The summed E-state index contributed by atoms with van der Waals surface area (Å²) < 4.78 is 6.64. The normalized spacial score (nSPS) is 17.9. The molecule has 33 heavy (non-hydrogen) atoms. The summed E-state index contributed by atoms with van der Waals surface area (Å²) in [5.41, 5.74) is 2.19. The van der Waals surface area contributed by atoms with Crippen molar-refractivity contribution in [3.8, 4) is 5.75 Å². The van der Waals surface area contributed by atoms with Gasteiger partial charge in [0.05, 0.1) is 38.4 Å². The summed E-state index contributed by atoms with van der Waals surface area (Å²) in [5, 5.41) is 11.3. The van der Waals surface area contributed by atoms with Crippen LogP contribution in [0.2, 0.25) is 0 Å². The van der Waals surface area contributed by atoms with Crippen molar-refractivity contribution in [3.05, 3.63) is 69.2 Å². The zero-order valence-corrected chi connectivity index (χ0v) is 21.4. The molecule has 1 atom stereocenters. The van der Waals surface area contributed by atoms with Crippen LogP contribution in [-0.2, 0) is 9.59 Å².